The molecule has 1 aliphatic rings. The van der Waals surface area contributed by atoms with Gasteiger partial charge in [-0.1, -0.05) is 23.7 Å². The third kappa shape index (κ3) is 4.49. The topological polar surface area (TPSA) is 109 Å². The van der Waals surface area contributed by atoms with Crippen LogP contribution in [0.5, 0.6) is 11.5 Å². The summed E-state index contributed by atoms with van der Waals surface area (Å²) in [5, 5.41) is 21.7. The first-order valence-corrected chi connectivity index (χ1v) is 10.8. The van der Waals surface area contributed by atoms with Crippen LogP contribution in [0.25, 0.3) is 22.3 Å². The van der Waals surface area contributed by atoms with E-state index in [1.807, 2.05) is 7.05 Å². The molecule has 2 aromatic carbocycles. The normalized spacial score (nSPS) is 18.9. The van der Waals surface area contributed by atoms with Gasteiger partial charge in [0.15, 0.2) is 5.43 Å². The minimum absolute atomic E-state index is 0.0230. The number of benzene rings is 2. The van der Waals surface area contributed by atoms with Gasteiger partial charge in [-0.15, -0.1) is 0 Å². The van der Waals surface area contributed by atoms with Gasteiger partial charge in [0.2, 0.25) is 0 Å². The summed E-state index contributed by atoms with van der Waals surface area (Å²) in [6.07, 6.45) is -0.187. The Balaban J connectivity index is 1.89. The van der Waals surface area contributed by atoms with Gasteiger partial charge in [0.05, 0.1) is 18.7 Å². The number of likely N-dealkylation sites (tertiary alicyclic amines) is 1. The standard InChI is InChI=1S/C24H24ClNO7/c1-26-8-7-14(13(11-26)12-32-24(30)31-2)21-17(27)9-18(28)22-19(29)10-20(33-23(21)22)15-5-3-4-6-16(15)25/h3-6,9-10,13-14,27-28H,7-8,11-12H2,1-2H3/t13-,14-/m0/s1. The van der Waals surface area contributed by atoms with E-state index in [9.17, 15) is 19.8 Å². The summed E-state index contributed by atoms with van der Waals surface area (Å²) >= 11 is 6.31. The smallest absolute Gasteiger partial charge is 0.507 e. The van der Waals surface area contributed by atoms with E-state index in [0.29, 0.717) is 29.1 Å². The van der Waals surface area contributed by atoms with Crippen molar-refractivity contribution in [3.05, 3.63) is 57.2 Å². The Bertz CT molecular complexity index is 1260. The number of fused-ring (bicyclic) bond motifs is 1. The van der Waals surface area contributed by atoms with Crippen molar-refractivity contribution in [3.8, 4) is 22.8 Å². The van der Waals surface area contributed by atoms with Gasteiger partial charge in [-0.05, 0) is 38.1 Å². The molecule has 2 atom stereocenters. The van der Waals surface area contributed by atoms with Crippen molar-refractivity contribution in [2.75, 3.05) is 33.9 Å². The number of hydrogen-bond donors (Lipinski definition) is 2. The van der Waals surface area contributed by atoms with Crippen LogP contribution in [0.1, 0.15) is 17.9 Å². The van der Waals surface area contributed by atoms with Crippen LogP contribution in [0.2, 0.25) is 5.02 Å². The van der Waals surface area contributed by atoms with Crippen molar-refractivity contribution in [1.29, 1.82) is 0 Å². The average Bonchev–Trinajstić information content (AvgIpc) is 2.78. The van der Waals surface area contributed by atoms with E-state index in [0.717, 1.165) is 12.6 Å². The zero-order valence-corrected chi connectivity index (χ0v) is 19.0. The zero-order chi connectivity index (χ0) is 23.7. The van der Waals surface area contributed by atoms with Gasteiger partial charge >= 0.3 is 6.16 Å². The lowest BCUT2D eigenvalue weighted by Crippen LogP contribution is -2.39. The number of methoxy groups -OCH3 is 1. The number of piperidine rings is 1. The molecule has 2 N–H and O–H groups in total. The summed E-state index contributed by atoms with van der Waals surface area (Å²) in [5.41, 5.74) is 0.536. The number of ether oxygens (including phenoxy) is 2. The Hall–Kier alpha value is -3.23. The molecule has 4 rings (SSSR count). The Morgan fingerprint density at radius 2 is 2.00 bits per heavy atom. The van der Waals surface area contributed by atoms with E-state index in [4.69, 9.17) is 20.8 Å². The van der Waals surface area contributed by atoms with Gasteiger partial charge in [0, 0.05) is 35.7 Å². The Kier molecular flexibility index (Phi) is 6.49. The van der Waals surface area contributed by atoms with E-state index in [1.54, 1.807) is 24.3 Å². The van der Waals surface area contributed by atoms with Crippen LogP contribution in [0.4, 0.5) is 4.79 Å². The maximum atomic E-state index is 13.0. The molecule has 8 nitrogen and oxygen atoms in total. The second-order valence-electron chi connectivity index (χ2n) is 8.17. The first-order valence-electron chi connectivity index (χ1n) is 10.5. The first kappa shape index (κ1) is 22.9. The molecular weight excluding hydrogens is 450 g/mol. The van der Waals surface area contributed by atoms with Crippen LogP contribution in [0.15, 0.2) is 45.6 Å². The SMILES string of the molecule is COC(=O)OC[C@@H]1CN(C)CC[C@@H]1c1c(O)cc(O)c2c(=O)cc(-c3ccccc3Cl)oc12. The number of rotatable bonds is 4. The van der Waals surface area contributed by atoms with E-state index in [2.05, 4.69) is 9.64 Å². The highest BCUT2D eigenvalue weighted by Crippen LogP contribution is 2.44. The van der Waals surface area contributed by atoms with Crippen LogP contribution in [0, 0.1) is 5.92 Å². The molecule has 33 heavy (non-hydrogen) atoms. The number of carbonyl (C=O) groups is 1. The Morgan fingerprint density at radius 1 is 1.24 bits per heavy atom. The highest BCUT2D eigenvalue weighted by Gasteiger charge is 2.35. The van der Waals surface area contributed by atoms with Crippen molar-refractivity contribution in [3.63, 3.8) is 0 Å². The predicted molar refractivity (Wildman–Crippen MR) is 123 cm³/mol. The molecule has 0 saturated carbocycles. The number of phenols is 2. The quantitative estimate of drug-likeness (QED) is 0.538. The molecule has 0 bridgehead atoms. The van der Waals surface area contributed by atoms with E-state index < -0.39 is 11.6 Å². The van der Waals surface area contributed by atoms with Gasteiger partial charge in [-0.3, -0.25) is 4.79 Å². The molecule has 9 heteroatoms. The van der Waals surface area contributed by atoms with Gasteiger partial charge < -0.3 is 29.0 Å². The van der Waals surface area contributed by atoms with Gasteiger partial charge in [0.1, 0.15) is 28.2 Å². The summed E-state index contributed by atoms with van der Waals surface area (Å²) in [6.45, 7) is 1.35. The van der Waals surface area contributed by atoms with Crippen LogP contribution < -0.4 is 5.43 Å². The van der Waals surface area contributed by atoms with Crippen molar-refractivity contribution in [1.82, 2.24) is 4.90 Å². The van der Waals surface area contributed by atoms with Crippen LogP contribution in [-0.4, -0.2) is 55.1 Å². The molecule has 1 fully saturated rings. The van der Waals surface area contributed by atoms with Crippen molar-refractivity contribution in [2.45, 2.75) is 12.3 Å². The third-order valence-electron chi connectivity index (χ3n) is 6.03. The molecule has 1 aliphatic heterocycles. The largest absolute Gasteiger partial charge is 0.507 e. The van der Waals surface area contributed by atoms with Gasteiger partial charge in [0.25, 0.3) is 0 Å². The van der Waals surface area contributed by atoms with Crippen LogP contribution >= 0.6 is 11.6 Å². The number of phenolic OH excluding ortho intramolecular Hbond substituents is 2. The lowest BCUT2D eigenvalue weighted by molar-refractivity contribution is 0.0413. The van der Waals surface area contributed by atoms with Crippen molar-refractivity contribution >= 4 is 28.7 Å². The average molecular weight is 474 g/mol. The number of halogens is 1. The molecule has 1 aromatic heterocycles. The number of aromatic hydroxyl groups is 2. The van der Waals surface area contributed by atoms with Crippen LogP contribution in [0.3, 0.4) is 0 Å². The lowest BCUT2D eigenvalue weighted by atomic mass is 9.79. The molecule has 0 radical (unpaired) electrons. The maximum Gasteiger partial charge on any atom is 0.507 e. The van der Waals surface area contributed by atoms with Crippen molar-refractivity contribution in [2.24, 2.45) is 5.92 Å². The minimum atomic E-state index is -0.797. The third-order valence-corrected chi connectivity index (χ3v) is 6.36. The first-order chi connectivity index (χ1) is 15.8. The van der Waals surface area contributed by atoms with Gasteiger partial charge in [-0.2, -0.15) is 0 Å². The number of carbonyl (C=O) groups excluding carboxylic acids is 1. The molecule has 174 valence electrons. The summed E-state index contributed by atoms with van der Waals surface area (Å²) in [6, 6.07) is 9.36. The molecule has 0 aliphatic carbocycles. The maximum absolute atomic E-state index is 13.0. The molecule has 0 unspecified atom stereocenters. The Labute approximate surface area is 194 Å². The summed E-state index contributed by atoms with van der Waals surface area (Å²) in [5.74, 6) is -0.868. The van der Waals surface area contributed by atoms with E-state index in [-0.39, 0.29) is 46.7 Å². The molecule has 3 aromatic rings. The summed E-state index contributed by atoms with van der Waals surface area (Å²) in [4.78, 5) is 26.7. The highest BCUT2D eigenvalue weighted by molar-refractivity contribution is 6.33. The predicted octanol–water partition coefficient (Wildman–Crippen LogP) is 4.34. The highest BCUT2D eigenvalue weighted by atomic mass is 35.5. The summed E-state index contributed by atoms with van der Waals surface area (Å²) < 4.78 is 15.9. The fourth-order valence-corrected chi connectivity index (χ4v) is 4.70. The zero-order valence-electron chi connectivity index (χ0n) is 18.2. The van der Waals surface area contributed by atoms with Crippen molar-refractivity contribution < 1.29 is 28.9 Å². The van der Waals surface area contributed by atoms with Crippen LogP contribution in [-0.2, 0) is 9.47 Å². The fourth-order valence-electron chi connectivity index (χ4n) is 4.47. The molecule has 0 spiro atoms. The van der Waals surface area contributed by atoms with E-state index >= 15 is 0 Å². The number of nitrogens with zero attached hydrogens (tertiary/aromatic N) is 1. The monoisotopic (exact) mass is 473 g/mol. The molecule has 1 saturated heterocycles. The minimum Gasteiger partial charge on any atom is -0.507 e. The lowest BCUT2D eigenvalue weighted by Gasteiger charge is -2.37. The summed E-state index contributed by atoms with van der Waals surface area (Å²) in [7, 11) is 3.18. The van der Waals surface area contributed by atoms with Gasteiger partial charge in [-0.25, -0.2) is 4.79 Å². The van der Waals surface area contributed by atoms with E-state index in [1.165, 1.54) is 13.2 Å². The Morgan fingerprint density at radius 3 is 2.73 bits per heavy atom. The number of hydrogen-bond acceptors (Lipinski definition) is 8. The molecular formula is C24H24ClNO7. The molecule has 2 heterocycles. The fraction of sp³-hybridized carbons (Fsp3) is 0.333. The second kappa shape index (κ2) is 9.33. The second-order valence-corrected chi connectivity index (χ2v) is 8.58. The molecule has 0 amide bonds.